The number of imide groups is 2. The molecule has 2 heterocycles. The summed E-state index contributed by atoms with van der Waals surface area (Å²) in [4.78, 5) is 77.6. The van der Waals surface area contributed by atoms with Gasteiger partial charge in [-0.25, -0.2) is 9.69 Å². The minimum Gasteiger partial charge on any atom is -0.442 e. The lowest BCUT2D eigenvalue weighted by atomic mass is 10.0. The monoisotopic (exact) mass is 555 g/mol. The number of amides is 5. The number of nitrogens with one attached hydrogen (secondary N) is 1. The zero-order chi connectivity index (χ0) is 25.8. The summed E-state index contributed by atoms with van der Waals surface area (Å²) in [7, 11) is 0. The fourth-order valence-electron chi connectivity index (χ4n) is 4.19. The molecule has 10 nitrogen and oxygen atoms in total. The predicted octanol–water partition coefficient (Wildman–Crippen LogP) is 1.42. The van der Waals surface area contributed by atoms with E-state index in [4.69, 9.17) is 4.74 Å². The molecule has 1 fully saturated rings. The van der Waals surface area contributed by atoms with Gasteiger partial charge in [0.2, 0.25) is 11.8 Å². The van der Waals surface area contributed by atoms with E-state index in [2.05, 4.69) is 21.2 Å². The van der Waals surface area contributed by atoms with Crippen molar-refractivity contribution in [1.29, 1.82) is 0 Å². The van der Waals surface area contributed by atoms with Crippen molar-refractivity contribution in [2.24, 2.45) is 0 Å². The molecule has 5 amide bonds. The second kappa shape index (κ2) is 10.8. The molecule has 0 aromatic heterocycles. The molecule has 2 aromatic rings. The maximum absolute atomic E-state index is 13.2. The number of rotatable bonds is 8. The third kappa shape index (κ3) is 5.06. The normalized spacial score (nSPS) is 18.2. The number of hydrogen-bond acceptors (Lipinski definition) is 7. The number of hydrogen-bond donors (Lipinski definition) is 1. The molecular weight excluding hydrogens is 534 g/mol. The van der Waals surface area contributed by atoms with Gasteiger partial charge in [0.25, 0.3) is 17.7 Å². The van der Waals surface area contributed by atoms with E-state index in [0.717, 1.165) is 15.4 Å². The van der Waals surface area contributed by atoms with E-state index in [1.165, 1.54) is 12.1 Å². The second-order valence-corrected chi connectivity index (χ2v) is 8.84. The Kier molecular flexibility index (Phi) is 7.58. The van der Waals surface area contributed by atoms with E-state index in [1.807, 2.05) is 6.07 Å². The summed E-state index contributed by atoms with van der Waals surface area (Å²) in [6.07, 6.45) is -0.00137. The first-order chi connectivity index (χ1) is 17.3. The minimum atomic E-state index is -1.19. The SMILES string of the molecule is O=C(CBr)NC(Cc1ccccc1)C(=O)OCN1C(=O)CCC(N2C(=O)c3ccccc3C2=O)C1=O. The van der Waals surface area contributed by atoms with E-state index in [1.54, 1.807) is 36.4 Å². The van der Waals surface area contributed by atoms with Crippen molar-refractivity contribution in [3.05, 3.63) is 71.3 Å². The van der Waals surface area contributed by atoms with Crippen LogP contribution in [0.1, 0.15) is 39.1 Å². The quantitative estimate of drug-likeness (QED) is 0.296. The van der Waals surface area contributed by atoms with Crippen LogP contribution in [0, 0.1) is 0 Å². The van der Waals surface area contributed by atoms with Crippen molar-refractivity contribution < 1.29 is 33.5 Å². The largest absolute Gasteiger partial charge is 0.442 e. The van der Waals surface area contributed by atoms with Crippen LogP contribution in [0.25, 0.3) is 0 Å². The zero-order valence-electron chi connectivity index (χ0n) is 19.0. The average Bonchev–Trinajstić information content (AvgIpc) is 3.14. The number of piperidine rings is 1. The van der Waals surface area contributed by atoms with Gasteiger partial charge in [-0.15, -0.1) is 0 Å². The zero-order valence-corrected chi connectivity index (χ0v) is 20.6. The summed E-state index contributed by atoms with van der Waals surface area (Å²) < 4.78 is 5.26. The molecule has 2 aromatic carbocycles. The summed E-state index contributed by atoms with van der Waals surface area (Å²) in [6, 6.07) is 12.9. The van der Waals surface area contributed by atoms with Crippen LogP contribution in [0.15, 0.2) is 54.6 Å². The van der Waals surface area contributed by atoms with Gasteiger partial charge in [-0.3, -0.25) is 28.9 Å². The van der Waals surface area contributed by atoms with Crippen molar-refractivity contribution in [3.63, 3.8) is 0 Å². The molecular formula is C25H22BrN3O7. The Morgan fingerprint density at radius 3 is 2.19 bits per heavy atom. The molecule has 36 heavy (non-hydrogen) atoms. The van der Waals surface area contributed by atoms with E-state index < -0.39 is 54.3 Å². The van der Waals surface area contributed by atoms with Gasteiger partial charge in [0.15, 0.2) is 6.73 Å². The Morgan fingerprint density at radius 1 is 0.972 bits per heavy atom. The van der Waals surface area contributed by atoms with Gasteiger partial charge >= 0.3 is 5.97 Å². The number of fused-ring (bicyclic) bond motifs is 1. The molecule has 2 aliphatic heterocycles. The van der Waals surface area contributed by atoms with Gasteiger partial charge in [0.05, 0.1) is 16.5 Å². The lowest BCUT2D eigenvalue weighted by Crippen LogP contribution is -2.57. The fraction of sp³-hybridized carbons (Fsp3) is 0.280. The summed E-state index contributed by atoms with van der Waals surface area (Å²) in [6.45, 7) is -0.703. The second-order valence-electron chi connectivity index (χ2n) is 8.28. The van der Waals surface area contributed by atoms with E-state index in [9.17, 15) is 28.8 Å². The van der Waals surface area contributed by atoms with Gasteiger partial charge in [-0.05, 0) is 24.1 Å². The lowest BCUT2D eigenvalue weighted by Gasteiger charge is -2.34. The Balaban J connectivity index is 1.46. The number of carbonyl (C=O) groups excluding carboxylic acids is 6. The van der Waals surface area contributed by atoms with Crippen LogP contribution in [-0.2, 0) is 30.3 Å². The summed E-state index contributed by atoms with van der Waals surface area (Å²) in [5, 5.41) is 2.52. The summed E-state index contributed by atoms with van der Waals surface area (Å²) in [5.74, 6) is -3.90. The number of alkyl halides is 1. The van der Waals surface area contributed by atoms with Crippen molar-refractivity contribution >= 4 is 51.4 Å². The smallest absolute Gasteiger partial charge is 0.330 e. The van der Waals surface area contributed by atoms with Crippen molar-refractivity contribution in [2.75, 3.05) is 12.1 Å². The Morgan fingerprint density at radius 2 is 1.58 bits per heavy atom. The van der Waals surface area contributed by atoms with Gasteiger partial charge in [-0.2, -0.15) is 0 Å². The molecule has 0 radical (unpaired) electrons. The molecule has 2 atom stereocenters. The first kappa shape index (κ1) is 25.2. The van der Waals surface area contributed by atoms with Crippen LogP contribution < -0.4 is 5.32 Å². The van der Waals surface area contributed by atoms with E-state index in [-0.39, 0.29) is 35.7 Å². The topological polar surface area (TPSA) is 130 Å². The molecule has 0 bridgehead atoms. The first-order valence-electron chi connectivity index (χ1n) is 11.2. The molecule has 0 spiro atoms. The fourth-order valence-corrected chi connectivity index (χ4v) is 4.35. The van der Waals surface area contributed by atoms with Crippen LogP contribution in [0.5, 0.6) is 0 Å². The van der Waals surface area contributed by atoms with Gasteiger partial charge in [-0.1, -0.05) is 58.4 Å². The van der Waals surface area contributed by atoms with Crippen LogP contribution in [0.3, 0.4) is 0 Å². The third-order valence-corrected chi connectivity index (χ3v) is 6.49. The van der Waals surface area contributed by atoms with E-state index >= 15 is 0 Å². The van der Waals surface area contributed by atoms with Crippen LogP contribution in [0.4, 0.5) is 0 Å². The average molecular weight is 556 g/mol. The highest BCUT2D eigenvalue weighted by Crippen LogP contribution is 2.29. The van der Waals surface area contributed by atoms with Gasteiger partial charge in [0, 0.05) is 12.8 Å². The molecule has 186 valence electrons. The molecule has 1 saturated heterocycles. The number of benzene rings is 2. The highest BCUT2D eigenvalue weighted by Gasteiger charge is 2.47. The van der Waals surface area contributed by atoms with Crippen LogP contribution in [0.2, 0.25) is 0 Å². The summed E-state index contributed by atoms with van der Waals surface area (Å²) >= 11 is 3.03. The predicted molar refractivity (Wildman–Crippen MR) is 129 cm³/mol. The molecule has 11 heteroatoms. The highest BCUT2D eigenvalue weighted by atomic mass is 79.9. The maximum atomic E-state index is 13.2. The number of carbonyl (C=O) groups is 6. The lowest BCUT2D eigenvalue weighted by molar-refractivity contribution is -0.165. The van der Waals surface area contributed by atoms with Crippen molar-refractivity contribution in [3.8, 4) is 0 Å². The number of nitrogens with zero attached hydrogens (tertiary/aromatic N) is 2. The van der Waals surface area contributed by atoms with Gasteiger partial charge < -0.3 is 10.1 Å². The van der Waals surface area contributed by atoms with Crippen LogP contribution >= 0.6 is 15.9 Å². The molecule has 2 aliphatic rings. The van der Waals surface area contributed by atoms with Crippen molar-refractivity contribution in [1.82, 2.24) is 15.1 Å². The summed E-state index contributed by atoms with van der Waals surface area (Å²) in [5.41, 5.74) is 1.15. The Bertz CT molecular complexity index is 1200. The van der Waals surface area contributed by atoms with E-state index in [0.29, 0.717) is 0 Å². The maximum Gasteiger partial charge on any atom is 0.330 e. The first-order valence-corrected chi connectivity index (χ1v) is 12.3. The third-order valence-electron chi connectivity index (χ3n) is 5.98. The van der Waals surface area contributed by atoms with Gasteiger partial charge in [0.1, 0.15) is 12.1 Å². The molecule has 2 unspecified atom stereocenters. The number of halogens is 1. The standard InChI is InChI=1S/C25H22BrN3O7/c26-13-20(30)27-18(12-15-6-2-1-3-7-15)25(35)36-14-28-21(31)11-10-19(24(28)34)29-22(32)16-8-4-5-9-17(16)23(29)33/h1-9,18-19H,10-14H2,(H,27,30). The number of esters is 1. The highest BCUT2D eigenvalue weighted by molar-refractivity contribution is 9.09. The molecule has 0 aliphatic carbocycles. The minimum absolute atomic E-state index is 0.0223. The molecule has 0 saturated carbocycles. The molecule has 1 N–H and O–H groups in total. The Hall–Kier alpha value is -3.86. The Labute approximate surface area is 214 Å². The number of likely N-dealkylation sites (tertiary alicyclic amines) is 1. The molecule has 4 rings (SSSR count). The van der Waals surface area contributed by atoms with Crippen LogP contribution in [-0.4, -0.2) is 69.4 Å². The van der Waals surface area contributed by atoms with Crippen molar-refractivity contribution in [2.45, 2.75) is 31.3 Å². The number of ether oxygens (including phenoxy) is 1.